The van der Waals surface area contributed by atoms with E-state index in [0.29, 0.717) is 60.3 Å². The number of para-hydroxylation sites is 1. The number of methoxy groups -OCH3 is 1. The summed E-state index contributed by atoms with van der Waals surface area (Å²) >= 11 is 1.18. The molecule has 0 radical (unpaired) electrons. The number of nitrogens with one attached hydrogen (secondary N) is 1. The molecule has 0 bridgehead atoms. The van der Waals surface area contributed by atoms with Gasteiger partial charge >= 0.3 is 0 Å². The van der Waals surface area contributed by atoms with Crippen LogP contribution in [-0.2, 0) is 4.79 Å². The van der Waals surface area contributed by atoms with Gasteiger partial charge in [-0.25, -0.2) is 4.99 Å². The third-order valence-corrected chi connectivity index (χ3v) is 8.36. The molecule has 2 aromatic heterocycles. The zero-order valence-corrected chi connectivity index (χ0v) is 24.8. The Kier molecular flexibility index (Phi) is 7.54. The Balaban J connectivity index is 1.45. The first-order chi connectivity index (χ1) is 21.2. The molecule has 1 aliphatic heterocycles. The first kappa shape index (κ1) is 28.6. The standard InChI is InChI=1S/C33H26N4O6S/c1-19-25(13-8-14-26(19)37(40)41)27-16-15-24(43-27)18-28-32(39)36-30(21-9-7-12-23(17-21)42-3)29(20(2)34-33(36)44-28)31(38)35-22-10-5-4-6-11-22/h4-18,30H,1-3H3,(H,35,38)/b28-18-/t30-/m0/s1. The largest absolute Gasteiger partial charge is 0.497 e. The molecule has 3 aromatic carbocycles. The van der Waals surface area contributed by atoms with E-state index < -0.39 is 11.0 Å². The van der Waals surface area contributed by atoms with Crippen molar-refractivity contribution in [3.05, 3.63) is 143 Å². The van der Waals surface area contributed by atoms with Gasteiger partial charge in [0, 0.05) is 29.0 Å². The SMILES string of the molecule is COc1cccc([C@H]2C(C(=O)Nc3ccccc3)=C(C)N=c3s/c(=C\c4ccc(-c5cccc([N+](=O)[O-])c5C)o4)c(=O)n32)c1. The first-order valence-electron chi connectivity index (χ1n) is 13.6. The minimum Gasteiger partial charge on any atom is -0.497 e. The zero-order valence-electron chi connectivity index (χ0n) is 23.9. The summed E-state index contributed by atoms with van der Waals surface area (Å²) in [4.78, 5) is 43.8. The highest BCUT2D eigenvalue weighted by molar-refractivity contribution is 7.07. The minimum atomic E-state index is -0.771. The lowest BCUT2D eigenvalue weighted by Gasteiger charge is -2.25. The summed E-state index contributed by atoms with van der Waals surface area (Å²) in [6.07, 6.45) is 1.62. The van der Waals surface area contributed by atoms with E-state index in [2.05, 4.69) is 10.3 Å². The molecule has 1 N–H and O–H groups in total. The molecule has 44 heavy (non-hydrogen) atoms. The molecule has 1 amide bonds. The molecule has 11 heteroatoms. The van der Waals surface area contributed by atoms with E-state index in [1.165, 1.54) is 22.0 Å². The molecule has 6 rings (SSSR count). The van der Waals surface area contributed by atoms with Crippen molar-refractivity contribution in [1.82, 2.24) is 4.57 Å². The predicted octanol–water partition coefficient (Wildman–Crippen LogP) is 5.36. The molecule has 3 heterocycles. The van der Waals surface area contributed by atoms with Gasteiger partial charge < -0.3 is 14.5 Å². The Morgan fingerprint density at radius 3 is 2.59 bits per heavy atom. The summed E-state index contributed by atoms with van der Waals surface area (Å²) in [5, 5.41) is 14.4. The highest BCUT2D eigenvalue weighted by atomic mass is 32.1. The molecule has 0 saturated heterocycles. The number of thiazole rings is 1. The lowest BCUT2D eigenvalue weighted by atomic mass is 9.95. The van der Waals surface area contributed by atoms with Crippen LogP contribution in [0.25, 0.3) is 17.4 Å². The third-order valence-electron chi connectivity index (χ3n) is 7.37. The number of hydrogen-bond donors (Lipinski definition) is 1. The second-order valence-corrected chi connectivity index (χ2v) is 11.1. The number of rotatable bonds is 7. The van der Waals surface area contributed by atoms with Crippen LogP contribution >= 0.6 is 11.3 Å². The average molecular weight is 607 g/mol. The first-order valence-corrected chi connectivity index (χ1v) is 14.4. The molecule has 0 aliphatic carbocycles. The molecule has 10 nitrogen and oxygen atoms in total. The van der Waals surface area contributed by atoms with Crippen molar-refractivity contribution in [2.24, 2.45) is 4.99 Å². The van der Waals surface area contributed by atoms with Gasteiger partial charge in [-0.15, -0.1) is 0 Å². The number of fused-ring (bicyclic) bond motifs is 1. The van der Waals surface area contributed by atoms with E-state index >= 15 is 0 Å². The Morgan fingerprint density at radius 1 is 1.07 bits per heavy atom. The molecule has 0 fully saturated rings. The maximum Gasteiger partial charge on any atom is 0.273 e. The van der Waals surface area contributed by atoms with Crippen LogP contribution < -0.4 is 24.9 Å². The van der Waals surface area contributed by atoms with Crippen LogP contribution in [0.4, 0.5) is 11.4 Å². The monoisotopic (exact) mass is 606 g/mol. The molecule has 0 unspecified atom stereocenters. The van der Waals surface area contributed by atoms with Crippen LogP contribution in [0.1, 0.15) is 29.9 Å². The fourth-order valence-electron chi connectivity index (χ4n) is 5.25. The van der Waals surface area contributed by atoms with Crippen LogP contribution in [0.15, 0.2) is 110 Å². The molecule has 1 aliphatic rings. The highest BCUT2D eigenvalue weighted by Crippen LogP contribution is 2.33. The van der Waals surface area contributed by atoms with Gasteiger partial charge in [-0.2, -0.15) is 0 Å². The van der Waals surface area contributed by atoms with Gasteiger partial charge in [-0.3, -0.25) is 24.3 Å². The van der Waals surface area contributed by atoms with Gasteiger partial charge in [0.15, 0.2) is 4.80 Å². The summed E-state index contributed by atoms with van der Waals surface area (Å²) in [7, 11) is 1.56. The second-order valence-electron chi connectivity index (χ2n) is 10.1. The van der Waals surface area contributed by atoms with Gasteiger partial charge in [-0.1, -0.05) is 53.8 Å². The summed E-state index contributed by atoms with van der Waals surface area (Å²) < 4.78 is 13.3. The smallest absolute Gasteiger partial charge is 0.273 e. The maximum atomic E-state index is 14.0. The number of aromatic nitrogens is 1. The number of allylic oxidation sites excluding steroid dienone is 1. The van der Waals surface area contributed by atoms with Crippen LogP contribution in [0.5, 0.6) is 5.75 Å². The van der Waals surface area contributed by atoms with E-state index in [4.69, 9.17) is 9.15 Å². The number of furan rings is 1. The number of hydrogen-bond acceptors (Lipinski definition) is 8. The maximum absolute atomic E-state index is 14.0. The summed E-state index contributed by atoms with van der Waals surface area (Å²) in [5.41, 5.74) is 2.84. The number of amides is 1. The third kappa shape index (κ3) is 5.25. The van der Waals surface area contributed by atoms with E-state index in [0.717, 1.165) is 0 Å². The molecule has 5 aromatic rings. The highest BCUT2D eigenvalue weighted by Gasteiger charge is 2.33. The van der Waals surface area contributed by atoms with E-state index in [1.54, 1.807) is 75.6 Å². The van der Waals surface area contributed by atoms with E-state index in [9.17, 15) is 19.7 Å². The number of nitrogens with zero attached hydrogens (tertiary/aromatic N) is 3. The number of carbonyl (C=O) groups is 1. The van der Waals surface area contributed by atoms with Crippen LogP contribution in [0.3, 0.4) is 0 Å². The van der Waals surface area contributed by atoms with Crippen molar-refractivity contribution in [1.29, 1.82) is 0 Å². The second kappa shape index (κ2) is 11.6. The van der Waals surface area contributed by atoms with Crippen molar-refractivity contribution in [2.75, 3.05) is 12.4 Å². The van der Waals surface area contributed by atoms with Crippen LogP contribution in [0.2, 0.25) is 0 Å². The zero-order chi connectivity index (χ0) is 31.0. The van der Waals surface area contributed by atoms with Crippen molar-refractivity contribution >= 4 is 34.7 Å². The van der Waals surface area contributed by atoms with Gasteiger partial charge in [0.2, 0.25) is 0 Å². The van der Waals surface area contributed by atoms with E-state index in [1.807, 2.05) is 30.3 Å². The molecular weight excluding hydrogens is 580 g/mol. The van der Waals surface area contributed by atoms with Gasteiger partial charge in [0.25, 0.3) is 17.2 Å². The lowest BCUT2D eigenvalue weighted by Crippen LogP contribution is -2.40. The molecular formula is C33H26N4O6S. The number of ether oxygens (including phenoxy) is 1. The van der Waals surface area contributed by atoms with Gasteiger partial charge in [0.1, 0.15) is 17.3 Å². The van der Waals surface area contributed by atoms with Crippen molar-refractivity contribution in [2.45, 2.75) is 19.9 Å². The van der Waals surface area contributed by atoms with Crippen molar-refractivity contribution < 1.29 is 18.9 Å². The van der Waals surface area contributed by atoms with Crippen molar-refractivity contribution in [3.63, 3.8) is 0 Å². The normalized spacial score (nSPS) is 14.6. The molecule has 0 spiro atoms. The van der Waals surface area contributed by atoms with Crippen LogP contribution in [-0.4, -0.2) is 22.5 Å². The number of nitro groups is 1. The minimum absolute atomic E-state index is 0.00576. The Bertz CT molecular complexity index is 2140. The fourth-order valence-corrected chi connectivity index (χ4v) is 6.28. The summed E-state index contributed by atoms with van der Waals surface area (Å²) in [6, 6.07) is 23.8. The number of carbonyl (C=O) groups excluding carboxylic acids is 1. The fraction of sp³-hybridized carbons (Fsp3) is 0.121. The lowest BCUT2D eigenvalue weighted by molar-refractivity contribution is -0.385. The van der Waals surface area contributed by atoms with Gasteiger partial charge in [0.05, 0.1) is 33.9 Å². The molecule has 0 saturated carbocycles. The predicted molar refractivity (Wildman–Crippen MR) is 167 cm³/mol. The number of anilines is 1. The quantitative estimate of drug-likeness (QED) is 0.196. The number of benzene rings is 3. The number of nitro benzene ring substituents is 1. The molecule has 220 valence electrons. The molecule has 1 atom stereocenters. The summed E-state index contributed by atoms with van der Waals surface area (Å²) in [6.45, 7) is 3.42. The summed E-state index contributed by atoms with van der Waals surface area (Å²) in [5.74, 6) is 1.05. The van der Waals surface area contributed by atoms with Crippen molar-refractivity contribution in [3.8, 4) is 17.1 Å². The topological polar surface area (TPSA) is 129 Å². The average Bonchev–Trinajstić information content (AvgIpc) is 3.60. The van der Waals surface area contributed by atoms with Crippen LogP contribution in [0, 0.1) is 17.0 Å². The van der Waals surface area contributed by atoms with E-state index in [-0.39, 0.29) is 17.2 Å². The van der Waals surface area contributed by atoms with Gasteiger partial charge in [-0.05, 0) is 55.8 Å². The Hall–Kier alpha value is -5.55. The Labute approximate surface area is 255 Å². The Morgan fingerprint density at radius 2 is 1.84 bits per heavy atom.